The van der Waals surface area contributed by atoms with Gasteiger partial charge in [-0.05, 0) is 43.0 Å². The zero-order valence-electron chi connectivity index (χ0n) is 14.2. The van der Waals surface area contributed by atoms with Crippen LogP contribution < -0.4 is 5.32 Å². The lowest BCUT2D eigenvalue weighted by Gasteiger charge is -2.28. The lowest BCUT2D eigenvalue weighted by atomic mass is 10.0. The molecule has 0 aliphatic rings. The van der Waals surface area contributed by atoms with E-state index in [-0.39, 0.29) is 24.7 Å². The molecule has 2 aromatic rings. The fraction of sp³-hybridized carbons (Fsp3) is 0.368. The number of nitrogens with zero attached hydrogens (tertiary/aromatic N) is 2. The third kappa shape index (κ3) is 4.80. The maximum Gasteiger partial charge on any atom is 0.318 e. The maximum atomic E-state index is 12.6. The summed E-state index contributed by atoms with van der Waals surface area (Å²) in [5.74, 6) is 0. The minimum atomic E-state index is -0.133. The van der Waals surface area contributed by atoms with Crippen LogP contribution in [0.2, 0.25) is 0 Å². The number of benzene rings is 1. The molecule has 1 aromatic heterocycles. The lowest BCUT2D eigenvalue weighted by molar-refractivity contribution is 0.188. The van der Waals surface area contributed by atoms with E-state index in [1.807, 2.05) is 49.4 Å². The molecule has 2 rings (SSSR count). The molecule has 0 aliphatic heterocycles. The van der Waals surface area contributed by atoms with E-state index in [2.05, 4.69) is 10.3 Å². The average Bonchev–Trinajstić information content (AvgIpc) is 2.65. The lowest BCUT2D eigenvalue weighted by Crippen LogP contribution is -2.40. The van der Waals surface area contributed by atoms with Gasteiger partial charge in [0.25, 0.3) is 0 Å². The number of amides is 2. The van der Waals surface area contributed by atoms with Crippen molar-refractivity contribution in [2.45, 2.75) is 31.8 Å². The van der Waals surface area contributed by atoms with Crippen LogP contribution in [0, 0.1) is 0 Å². The highest BCUT2D eigenvalue weighted by Crippen LogP contribution is 2.21. The quantitative estimate of drug-likeness (QED) is 0.820. The second kappa shape index (κ2) is 9.03. The Kier molecular flexibility index (Phi) is 6.75. The van der Waals surface area contributed by atoms with E-state index in [1.165, 1.54) is 0 Å². The molecular formula is C19H25N3O2. The summed E-state index contributed by atoms with van der Waals surface area (Å²) >= 11 is 0. The van der Waals surface area contributed by atoms with Crippen LogP contribution in [0.3, 0.4) is 0 Å². The van der Waals surface area contributed by atoms with Gasteiger partial charge in [0.15, 0.2) is 0 Å². The molecule has 2 amide bonds. The van der Waals surface area contributed by atoms with E-state index in [4.69, 9.17) is 5.11 Å². The highest BCUT2D eigenvalue weighted by molar-refractivity contribution is 5.75. The predicted octanol–water partition coefficient (Wildman–Crippen LogP) is 3.30. The molecule has 0 fully saturated rings. The fourth-order valence-electron chi connectivity index (χ4n) is 2.60. The first-order valence-corrected chi connectivity index (χ1v) is 8.22. The van der Waals surface area contributed by atoms with Crippen molar-refractivity contribution in [2.24, 2.45) is 0 Å². The first-order valence-electron chi connectivity index (χ1n) is 8.22. The summed E-state index contributed by atoms with van der Waals surface area (Å²) in [4.78, 5) is 18.3. The van der Waals surface area contributed by atoms with Crippen molar-refractivity contribution in [2.75, 3.05) is 13.7 Å². The average molecular weight is 327 g/mol. The predicted molar refractivity (Wildman–Crippen MR) is 94.4 cm³/mol. The smallest absolute Gasteiger partial charge is 0.318 e. The maximum absolute atomic E-state index is 12.6. The van der Waals surface area contributed by atoms with Crippen molar-refractivity contribution in [3.05, 3.63) is 66.0 Å². The third-order valence-corrected chi connectivity index (χ3v) is 4.24. The molecule has 2 unspecified atom stereocenters. The number of hydrogen-bond donors (Lipinski definition) is 2. The number of urea groups is 1. The Morgan fingerprint density at radius 3 is 2.46 bits per heavy atom. The van der Waals surface area contributed by atoms with E-state index in [1.54, 1.807) is 24.3 Å². The van der Waals surface area contributed by atoms with Crippen molar-refractivity contribution in [1.29, 1.82) is 0 Å². The number of pyridine rings is 1. The first kappa shape index (κ1) is 17.9. The molecule has 1 heterocycles. The first-order chi connectivity index (χ1) is 11.6. The van der Waals surface area contributed by atoms with Gasteiger partial charge >= 0.3 is 6.03 Å². The highest BCUT2D eigenvalue weighted by atomic mass is 16.3. The highest BCUT2D eigenvalue weighted by Gasteiger charge is 2.21. The summed E-state index contributed by atoms with van der Waals surface area (Å²) in [7, 11) is 1.79. The van der Waals surface area contributed by atoms with E-state index in [9.17, 15) is 4.79 Å². The Morgan fingerprint density at radius 1 is 1.17 bits per heavy atom. The monoisotopic (exact) mass is 327 g/mol. The summed E-state index contributed by atoms with van der Waals surface area (Å²) < 4.78 is 0. The van der Waals surface area contributed by atoms with Gasteiger partial charge in [0, 0.05) is 26.0 Å². The molecule has 0 aliphatic carbocycles. The van der Waals surface area contributed by atoms with Gasteiger partial charge in [-0.15, -0.1) is 0 Å². The van der Waals surface area contributed by atoms with Crippen molar-refractivity contribution in [1.82, 2.24) is 15.2 Å². The number of nitrogens with one attached hydrogen (secondary N) is 1. The SMILES string of the molecule is CC(c1ccncc1)N(C)C(=O)NC(CCCO)c1ccccc1. The van der Waals surface area contributed by atoms with Crippen LogP contribution >= 0.6 is 0 Å². The Labute approximate surface area is 143 Å². The molecule has 24 heavy (non-hydrogen) atoms. The number of aliphatic hydroxyl groups is 1. The minimum Gasteiger partial charge on any atom is -0.396 e. The van der Waals surface area contributed by atoms with Gasteiger partial charge in [0.1, 0.15) is 0 Å². The van der Waals surface area contributed by atoms with Crippen molar-refractivity contribution in [3.63, 3.8) is 0 Å². The summed E-state index contributed by atoms with van der Waals surface area (Å²) in [6.07, 6.45) is 4.80. The standard InChI is InChI=1S/C19H25N3O2/c1-15(16-10-12-20-13-11-16)22(2)19(24)21-18(9-6-14-23)17-7-4-3-5-8-17/h3-5,7-8,10-13,15,18,23H,6,9,14H2,1-2H3,(H,21,24). The summed E-state index contributed by atoms with van der Waals surface area (Å²) in [6, 6.07) is 13.4. The number of aromatic nitrogens is 1. The zero-order valence-corrected chi connectivity index (χ0v) is 14.2. The van der Waals surface area contributed by atoms with E-state index in [0.717, 1.165) is 11.1 Å². The Bertz CT molecular complexity index is 619. The fourth-order valence-corrected chi connectivity index (χ4v) is 2.60. The molecule has 0 spiro atoms. The normalized spacial score (nSPS) is 13.1. The number of hydrogen-bond acceptors (Lipinski definition) is 3. The van der Waals surface area contributed by atoms with Crippen molar-refractivity contribution >= 4 is 6.03 Å². The largest absolute Gasteiger partial charge is 0.396 e. The van der Waals surface area contributed by atoms with E-state index >= 15 is 0 Å². The van der Waals surface area contributed by atoms with E-state index < -0.39 is 0 Å². The number of rotatable bonds is 7. The number of carbonyl (C=O) groups is 1. The Balaban J connectivity index is 2.06. The van der Waals surface area contributed by atoms with Crippen LogP contribution in [0.5, 0.6) is 0 Å². The Morgan fingerprint density at radius 2 is 1.83 bits per heavy atom. The molecule has 0 saturated heterocycles. The third-order valence-electron chi connectivity index (χ3n) is 4.24. The van der Waals surface area contributed by atoms with Crippen LogP contribution in [0.25, 0.3) is 0 Å². The van der Waals surface area contributed by atoms with Gasteiger partial charge in [-0.1, -0.05) is 30.3 Å². The molecule has 128 valence electrons. The van der Waals surface area contributed by atoms with Gasteiger partial charge in [-0.25, -0.2) is 4.79 Å². The molecule has 5 heteroatoms. The van der Waals surface area contributed by atoms with E-state index in [0.29, 0.717) is 12.8 Å². The molecule has 2 atom stereocenters. The summed E-state index contributed by atoms with van der Waals surface area (Å²) in [5.41, 5.74) is 2.08. The van der Waals surface area contributed by atoms with Crippen LogP contribution in [0.15, 0.2) is 54.9 Å². The van der Waals surface area contributed by atoms with Gasteiger partial charge in [-0.2, -0.15) is 0 Å². The Hall–Kier alpha value is -2.40. The van der Waals surface area contributed by atoms with Crippen molar-refractivity contribution in [3.8, 4) is 0 Å². The molecular weight excluding hydrogens is 302 g/mol. The van der Waals surface area contributed by atoms with Crippen LogP contribution in [-0.2, 0) is 0 Å². The summed E-state index contributed by atoms with van der Waals surface area (Å²) in [6.45, 7) is 2.10. The molecule has 0 radical (unpaired) electrons. The second-order valence-corrected chi connectivity index (χ2v) is 5.85. The number of aliphatic hydroxyl groups excluding tert-OH is 1. The topological polar surface area (TPSA) is 65.5 Å². The molecule has 0 saturated carbocycles. The van der Waals surface area contributed by atoms with Gasteiger partial charge < -0.3 is 15.3 Å². The molecule has 1 aromatic carbocycles. The molecule has 5 nitrogen and oxygen atoms in total. The minimum absolute atomic E-state index is 0.0535. The van der Waals surface area contributed by atoms with Crippen LogP contribution in [0.4, 0.5) is 4.79 Å². The van der Waals surface area contributed by atoms with Gasteiger partial charge in [-0.3, -0.25) is 4.98 Å². The van der Waals surface area contributed by atoms with Crippen LogP contribution in [0.1, 0.15) is 43.0 Å². The molecule has 0 bridgehead atoms. The van der Waals surface area contributed by atoms with Crippen LogP contribution in [-0.4, -0.2) is 34.7 Å². The molecule has 2 N–H and O–H groups in total. The van der Waals surface area contributed by atoms with Crippen molar-refractivity contribution < 1.29 is 9.90 Å². The zero-order chi connectivity index (χ0) is 17.4. The number of carbonyl (C=O) groups excluding carboxylic acids is 1. The van der Waals surface area contributed by atoms with Gasteiger partial charge in [0.05, 0.1) is 12.1 Å². The second-order valence-electron chi connectivity index (χ2n) is 5.85. The summed E-state index contributed by atoms with van der Waals surface area (Å²) in [5, 5.41) is 12.2. The van der Waals surface area contributed by atoms with Gasteiger partial charge in [0.2, 0.25) is 0 Å².